The van der Waals surface area contributed by atoms with E-state index in [0.29, 0.717) is 11.8 Å². The molecule has 4 rings (SSSR count). The summed E-state index contributed by atoms with van der Waals surface area (Å²) in [6.07, 6.45) is 16.7. The van der Waals surface area contributed by atoms with E-state index in [1.165, 1.54) is 44.9 Å². The van der Waals surface area contributed by atoms with Crippen molar-refractivity contribution in [2.45, 2.75) is 57.8 Å². The molecule has 0 unspecified atom stereocenters. The highest BCUT2D eigenvalue weighted by Crippen LogP contribution is 2.61. The highest BCUT2D eigenvalue weighted by molar-refractivity contribution is 5.04. The number of hydrogen-bond donors (Lipinski definition) is 0. The van der Waals surface area contributed by atoms with Crippen molar-refractivity contribution in [2.24, 2.45) is 23.2 Å². The molecule has 0 spiro atoms. The summed E-state index contributed by atoms with van der Waals surface area (Å²) in [7, 11) is 0. The van der Waals surface area contributed by atoms with E-state index in [1.54, 1.807) is 0 Å². The van der Waals surface area contributed by atoms with Crippen molar-refractivity contribution in [3.05, 3.63) is 12.2 Å². The Hall–Kier alpha value is -0.770. The molecule has 4 aliphatic rings. The van der Waals surface area contributed by atoms with Crippen LogP contribution in [0.15, 0.2) is 12.2 Å². The van der Waals surface area contributed by atoms with Gasteiger partial charge in [-0.3, -0.25) is 0 Å². The summed E-state index contributed by atoms with van der Waals surface area (Å²) in [6.45, 7) is 0. The minimum absolute atomic E-state index is 0.678. The Morgan fingerprint density at radius 1 is 1.00 bits per heavy atom. The van der Waals surface area contributed by atoms with Crippen molar-refractivity contribution < 1.29 is 0 Å². The molecule has 0 amide bonds. The predicted molar refractivity (Wildman–Crippen MR) is 69.2 cm³/mol. The van der Waals surface area contributed by atoms with Crippen LogP contribution >= 0.6 is 0 Å². The second kappa shape index (κ2) is 4.48. The lowest BCUT2D eigenvalue weighted by atomic mass is 9.49. The van der Waals surface area contributed by atoms with Gasteiger partial charge in [-0.1, -0.05) is 12.2 Å². The Labute approximate surface area is 105 Å². The lowest BCUT2D eigenvalue weighted by molar-refractivity contribution is -0.0506. The fraction of sp³-hybridized carbons (Fsp3) is 0.812. The first-order chi connectivity index (χ1) is 8.30. The van der Waals surface area contributed by atoms with Crippen molar-refractivity contribution in [3.8, 4) is 6.07 Å². The zero-order chi connectivity index (χ0) is 11.7. The molecular formula is C16H23N. The summed E-state index contributed by atoms with van der Waals surface area (Å²) in [5.41, 5.74) is 0.678. The topological polar surface area (TPSA) is 23.8 Å². The van der Waals surface area contributed by atoms with E-state index in [4.69, 9.17) is 5.26 Å². The van der Waals surface area contributed by atoms with Crippen LogP contribution in [0.2, 0.25) is 0 Å². The second-order valence-corrected chi connectivity index (χ2v) is 6.79. The molecule has 92 valence electrons. The molecule has 17 heavy (non-hydrogen) atoms. The lowest BCUT2D eigenvalue weighted by Crippen LogP contribution is -2.45. The number of unbranched alkanes of at least 4 members (excludes halogenated alkanes) is 1. The third-order valence-electron chi connectivity index (χ3n) is 5.31. The number of hydrogen-bond acceptors (Lipinski definition) is 1. The fourth-order valence-electron chi connectivity index (χ4n) is 5.14. The Bertz CT molecular complexity index is 312. The summed E-state index contributed by atoms with van der Waals surface area (Å²) in [5, 5.41) is 8.51. The van der Waals surface area contributed by atoms with Gasteiger partial charge in [0.15, 0.2) is 0 Å². The number of nitrogens with zero attached hydrogens (tertiary/aromatic N) is 1. The highest BCUT2D eigenvalue weighted by Gasteiger charge is 2.49. The SMILES string of the molecule is N#CCC/C=C/CC12CC3CC(CC(C3)C1)C2. The predicted octanol–water partition coefficient (Wildman–Crippen LogP) is 4.45. The van der Waals surface area contributed by atoms with Gasteiger partial charge in [-0.05, 0) is 74.5 Å². The first-order valence-corrected chi connectivity index (χ1v) is 7.32. The van der Waals surface area contributed by atoms with Gasteiger partial charge in [0.05, 0.1) is 6.07 Å². The average Bonchev–Trinajstić information content (AvgIpc) is 2.26. The molecule has 0 aromatic heterocycles. The van der Waals surface area contributed by atoms with Crippen LogP contribution in [0.5, 0.6) is 0 Å². The van der Waals surface area contributed by atoms with Crippen LogP contribution in [0.25, 0.3) is 0 Å². The molecule has 0 aromatic rings. The van der Waals surface area contributed by atoms with Gasteiger partial charge in [-0.15, -0.1) is 0 Å². The second-order valence-electron chi connectivity index (χ2n) is 6.79. The van der Waals surface area contributed by atoms with Gasteiger partial charge >= 0.3 is 0 Å². The average molecular weight is 229 g/mol. The Balaban J connectivity index is 1.59. The highest BCUT2D eigenvalue weighted by atomic mass is 14.5. The summed E-state index contributed by atoms with van der Waals surface area (Å²) in [4.78, 5) is 0. The van der Waals surface area contributed by atoms with Crippen LogP contribution in [0.1, 0.15) is 57.8 Å². The van der Waals surface area contributed by atoms with E-state index < -0.39 is 0 Å². The van der Waals surface area contributed by atoms with Crippen LogP contribution in [0, 0.1) is 34.5 Å². The van der Waals surface area contributed by atoms with E-state index in [0.717, 1.165) is 24.2 Å². The molecule has 0 aromatic carbocycles. The normalized spacial score (nSPS) is 43.1. The Morgan fingerprint density at radius 2 is 1.59 bits per heavy atom. The van der Waals surface area contributed by atoms with Gasteiger partial charge in [-0.2, -0.15) is 5.26 Å². The van der Waals surface area contributed by atoms with Crippen molar-refractivity contribution >= 4 is 0 Å². The van der Waals surface area contributed by atoms with Gasteiger partial charge in [-0.25, -0.2) is 0 Å². The monoisotopic (exact) mass is 229 g/mol. The van der Waals surface area contributed by atoms with Gasteiger partial charge in [0.1, 0.15) is 0 Å². The van der Waals surface area contributed by atoms with Crippen molar-refractivity contribution in [2.75, 3.05) is 0 Å². The molecule has 1 nitrogen and oxygen atoms in total. The lowest BCUT2D eigenvalue weighted by Gasteiger charge is -2.56. The van der Waals surface area contributed by atoms with Crippen molar-refractivity contribution in [1.82, 2.24) is 0 Å². The maximum Gasteiger partial charge on any atom is 0.0624 e. The van der Waals surface area contributed by atoms with Crippen molar-refractivity contribution in [1.29, 1.82) is 5.26 Å². The minimum Gasteiger partial charge on any atom is -0.198 e. The minimum atomic E-state index is 0.678. The summed E-state index contributed by atoms with van der Waals surface area (Å²) >= 11 is 0. The van der Waals surface area contributed by atoms with Crippen LogP contribution in [-0.4, -0.2) is 0 Å². The number of rotatable bonds is 4. The first kappa shape index (κ1) is 11.3. The van der Waals surface area contributed by atoms with Crippen LogP contribution in [0.4, 0.5) is 0 Å². The van der Waals surface area contributed by atoms with E-state index in [9.17, 15) is 0 Å². The summed E-state index contributed by atoms with van der Waals surface area (Å²) in [6, 6.07) is 2.21. The van der Waals surface area contributed by atoms with Crippen molar-refractivity contribution in [3.63, 3.8) is 0 Å². The third-order valence-corrected chi connectivity index (χ3v) is 5.31. The van der Waals surface area contributed by atoms with Gasteiger partial charge < -0.3 is 0 Å². The molecule has 4 fully saturated rings. The largest absolute Gasteiger partial charge is 0.198 e. The zero-order valence-electron chi connectivity index (χ0n) is 10.7. The van der Waals surface area contributed by atoms with E-state index in [2.05, 4.69) is 18.2 Å². The van der Waals surface area contributed by atoms with Gasteiger partial charge in [0.25, 0.3) is 0 Å². The van der Waals surface area contributed by atoms with Gasteiger partial charge in [0, 0.05) is 6.42 Å². The Morgan fingerprint density at radius 3 is 2.12 bits per heavy atom. The molecular weight excluding hydrogens is 206 g/mol. The summed E-state index contributed by atoms with van der Waals surface area (Å²) in [5.74, 6) is 3.19. The standard InChI is InChI=1S/C16H23N/c17-6-4-2-1-3-5-16-10-13-7-14(11-16)9-15(8-13)12-16/h1,3,13-15H,2,4-5,7-12H2/b3-1+. The molecule has 0 aliphatic heterocycles. The fourth-order valence-corrected chi connectivity index (χ4v) is 5.14. The maximum absolute atomic E-state index is 8.51. The van der Waals surface area contributed by atoms with Crippen LogP contribution in [0.3, 0.4) is 0 Å². The van der Waals surface area contributed by atoms with Crippen LogP contribution < -0.4 is 0 Å². The first-order valence-electron chi connectivity index (χ1n) is 7.32. The quantitative estimate of drug-likeness (QED) is 0.516. The third kappa shape index (κ3) is 2.28. The van der Waals surface area contributed by atoms with Gasteiger partial charge in [0.2, 0.25) is 0 Å². The number of allylic oxidation sites excluding steroid dienone is 2. The molecule has 0 atom stereocenters. The van der Waals surface area contributed by atoms with Crippen LogP contribution in [-0.2, 0) is 0 Å². The molecule has 4 saturated carbocycles. The molecule has 4 aliphatic carbocycles. The maximum atomic E-state index is 8.51. The van der Waals surface area contributed by atoms with E-state index in [-0.39, 0.29) is 0 Å². The molecule has 0 heterocycles. The smallest absolute Gasteiger partial charge is 0.0624 e. The molecule has 0 saturated heterocycles. The number of nitriles is 1. The molecule has 0 radical (unpaired) electrons. The van der Waals surface area contributed by atoms with E-state index in [1.807, 2.05) is 0 Å². The molecule has 1 heteroatoms. The molecule has 4 bridgehead atoms. The zero-order valence-corrected chi connectivity index (χ0v) is 10.7. The summed E-state index contributed by atoms with van der Waals surface area (Å²) < 4.78 is 0. The molecule has 0 N–H and O–H groups in total. The Kier molecular flexibility index (Phi) is 2.99. The van der Waals surface area contributed by atoms with E-state index >= 15 is 0 Å².